The lowest BCUT2D eigenvalue weighted by atomic mass is 9.99. The Bertz CT molecular complexity index is 396. The van der Waals surface area contributed by atoms with Gasteiger partial charge in [-0.25, -0.2) is 0 Å². The standard InChI is InChI=1S/C15H21N/c1-15(2)10-13(15)12-6-3-5-11-7-4-8-16-14(11)9-12/h3,5,9,13,16H,4,6-8,10H2,1-2H3. The first-order valence-electron chi connectivity index (χ1n) is 6.51. The number of nitrogens with one attached hydrogen (secondary N) is 1. The van der Waals surface area contributed by atoms with E-state index in [1.807, 2.05) is 0 Å². The molecule has 1 unspecified atom stereocenters. The van der Waals surface area contributed by atoms with E-state index < -0.39 is 0 Å². The van der Waals surface area contributed by atoms with Crippen LogP contribution in [0.25, 0.3) is 0 Å². The fraction of sp³-hybridized carbons (Fsp3) is 0.600. The molecule has 1 saturated carbocycles. The van der Waals surface area contributed by atoms with Crippen LogP contribution >= 0.6 is 0 Å². The maximum absolute atomic E-state index is 3.55. The van der Waals surface area contributed by atoms with Gasteiger partial charge in [0.1, 0.15) is 0 Å². The quantitative estimate of drug-likeness (QED) is 0.705. The monoisotopic (exact) mass is 215 g/mol. The van der Waals surface area contributed by atoms with Crippen LogP contribution in [0.4, 0.5) is 0 Å². The SMILES string of the molecule is CC1(C)CC1C1=CC2=C(C=CC1)CCCN2. The highest BCUT2D eigenvalue weighted by Gasteiger charge is 2.47. The lowest BCUT2D eigenvalue weighted by Crippen LogP contribution is -2.20. The molecule has 3 rings (SSSR count). The number of rotatable bonds is 1. The summed E-state index contributed by atoms with van der Waals surface area (Å²) in [5.74, 6) is 0.827. The summed E-state index contributed by atoms with van der Waals surface area (Å²) in [7, 11) is 0. The van der Waals surface area contributed by atoms with E-state index >= 15 is 0 Å². The predicted molar refractivity (Wildman–Crippen MR) is 68.0 cm³/mol. The fourth-order valence-electron chi connectivity index (χ4n) is 2.99. The van der Waals surface area contributed by atoms with Crippen LogP contribution in [0, 0.1) is 11.3 Å². The first-order valence-corrected chi connectivity index (χ1v) is 6.51. The third-order valence-corrected chi connectivity index (χ3v) is 4.25. The molecule has 3 aliphatic rings. The number of hydrogen-bond donors (Lipinski definition) is 1. The van der Waals surface area contributed by atoms with E-state index in [1.54, 1.807) is 5.57 Å². The van der Waals surface area contributed by atoms with Gasteiger partial charge < -0.3 is 5.32 Å². The summed E-state index contributed by atoms with van der Waals surface area (Å²) >= 11 is 0. The van der Waals surface area contributed by atoms with Gasteiger partial charge >= 0.3 is 0 Å². The van der Waals surface area contributed by atoms with E-state index in [4.69, 9.17) is 0 Å². The van der Waals surface area contributed by atoms with Gasteiger partial charge in [0.05, 0.1) is 0 Å². The predicted octanol–water partition coefficient (Wildman–Crippen LogP) is 3.56. The Labute approximate surface area is 98.3 Å². The second kappa shape index (κ2) is 3.51. The van der Waals surface area contributed by atoms with Gasteiger partial charge in [-0.15, -0.1) is 0 Å². The molecule has 0 saturated heterocycles. The number of allylic oxidation sites excluding steroid dienone is 5. The van der Waals surface area contributed by atoms with Gasteiger partial charge in [0, 0.05) is 12.2 Å². The van der Waals surface area contributed by atoms with Crippen LogP contribution < -0.4 is 5.32 Å². The van der Waals surface area contributed by atoms with E-state index in [0.717, 1.165) is 18.9 Å². The molecule has 0 radical (unpaired) electrons. The Morgan fingerprint density at radius 3 is 2.94 bits per heavy atom. The largest absolute Gasteiger partial charge is 0.385 e. The van der Waals surface area contributed by atoms with Gasteiger partial charge in [-0.05, 0) is 48.7 Å². The summed E-state index contributed by atoms with van der Waals surface area (Å²) in [6.07, 6.45) is 12.2. The van der Waals surface area contributed by atoms with Gasteiger partial charge in [-0.2, -0.15) is 0 Å². The molecule has 16 heavy (non-hydrogen) atoms. The summed E-state index contributed by atoms with van der Waals surface area (Å²) in [5, 5.41) is 3.55. The molecule has 86 valence electrons. The average Bonchev–Trinajstić information content (AvgIpc) is 2.93. The van der Waals surface area contributed by atoms with Crippen molar-refractivity contribution in [3.8, 4) is 0 Å². The molecule has 1 aliphatic heterocycles. The molecule has 0 aromatic rings. The van der Waals surface area contributed by atoms with Crippen LogP contribution in [0.3, 0.4) is 0 Å². The van der Waals surface area contributed by atoms with Crippen molar-refractivity contribution in [1.29, 1.82) is 0 Å². The topological polar surface area (TPSA) is 12.0 Å². The van der Waals surface area contributed by atoms with Gasteiger partial charge in [-0.3, -0.25) is 0 Å². The maximum Gasteiger partial charge on any atom is 0.0372 e. The smallest absolute Gasteiger partial charge is 0.0372 e. The van der Waals surface area contributed by atoms with E-state index in [2.05, 4.69) is 37.4 Å². The zero-order chi connectivity index (χ0) is 11.2. The average molecular weight is 215 g/mol. The molecule has 0 amide bonds. The Kier molecular flexibility index (Phi) is 2.24. The van der Waals surface area contributed by atoms with Crippen molar-refractivity contribution in [1.82, 2.24) is 5.32 Å². The Morgan fingerprint density at radius 1 is 1.38 bits per heavy atom. The van der Waals surface area contributed by atoms with Crippen molar-refractivity contribution in [2.75, 3.05) is 6.54 Å². The molecule has 1 fully saturated rings. The highest BCUT2D eigenvalue weighted by atomic mass is 14.9. The van der Waals surface area contributed by atoms with Gasteiger partial charge in [0.15, 0.2) is 0 Å². The third-order valence-electron chi connectivity index (χ3n) is 4.25. The Morgan fingerprint density at radius 2 is 2.19 bits per heavy atom. The molecule has 0 aromatic carbocycles. The van der Waals surface area contributed by atoms with Crippen LogP contribution in [-0.2, 0) is 0 Å². The molecule has 1 heterocycles. The summed E-state index contributed by atoms with van der Waals surface area (Å²) in [6, 6.07) is 0. The van der Waals surface area contributed by atoms with Crippen molar-refractivity contribution in [2.24, 2.45) is 11.3 Å². The molecule has 1 N–H and O–H groups in total. The molecular weight excluding hydrogens is 194 g/mol. The number of hydrogen-bond acceptors (Lipinski definition) is 1. The van der Waals surface area contributed by atoms with E-state index in [9.17, 15) is 0 Å². The first-order chi connectivity index (χ1) is 7.67. The van der Waals surface area contributed by atoms with Crippen LogP contribution in [-0.4, -0.2) is 6.54 Å². The Balaban J connectivity index is 1.89. The van der Waals surface area contributed by atoms with Crippen LogP contribution in [0.5, 0.6) is 0 Å². The molecule has 1 heteroatoms. The lowest BCUT2D eigenvalue weighted by molar-refractivity contribution is 0.592. The highest BCUT2D eigenvalue weighted by Crippen LogP contribution is 2.56. The summed E-state index contributed by atoms with van der Waals surface area (Å²) in [4.78, 5) is 0. The van der Waals surface area contributed by atoms with Gasteiger partial charge in [0.2, 0.25) is 0 Å². The van der Waals surface area contributed by atoms with Crippen LogP contribution in [0.1, 0.15) is 39.5 Å². The fourth-order valence-corrected chi connectivity index (χ4v) is 2.99. The minimum atomic E-state index is 0.555. The molecule has 1 nitrogen and oxygen atoms in total. The second-order valence-corrected chi connectivity index (χ2v) is 6.04. The van der Waals surface area contributed by atoms with E-state index in [0.29, 0.717) is 5.41 Å². The molecule has 0 spiro atoms. The molecular formula is C15H21N. The summed E-state index contributed by atoms with van der Waals surface area (Å²) < 4.78 is 0. The minimum absolute atomic E-state index is 0.555. The highest BCUT2D eigenvalue weighted by molar-refractivity contribution is 5.41. The first kappa shape index (κ1) is 10.2. The van der Waals surface area contributed by atoms with Crippen molar-refractivity contribution < 1.29 is 0 Å². The minimum Gasteiger partial charge on any atom is -0.385 e. The van der Waals surface area contributed by atoms with E-state index in [1.165, 1.54) is 30.5 Å². The zero-order valence-electron chi connectivity index (χ0n) is 10.3. The lowest BCUT2D eigenvalue weighted by Gasteiger charge is -2.18. The summed E-state index contributed by atoms with van der Waals surface area (Å²) in [5.41, 5.74) is 5.11. The Hall–Kier alpha value is -0.980. The van der Waals surface area contributed by atoms with Crippen molar-refractivity contribution in [2.45, 2.75) is 39.5 Å². The third kappa shape index (κ3) is 1.73. The van der Waals surface area contributed by atoms with Crippen LogP contribution in [0.2, 0.25) is 0 Å². The van der Waals surface area contributed by atoms with E-state index in [-0.39, 0.29) is 0 Å². The zero-order valence-corrected chi connectivity index (χ0v) is 10.3. The molecule has 1 atom stereocenters. The maximum atomic E-state index is 3.55. The van der Waals surface area contributed by atoms with Gasteiger partial charge in [-0.1, -0.05) is 31.6 Å². The van der Waals surface area contributed by atoms with Crippen molar-refractivity contribution in [3.05, 3.63) is 35.1 Å². The molecule has 0 bridgehead atoms. The second-order valence-electron chi connectivity index (χ2n) is 6.04. The van der Waals surface area contributed by atoms with Crippen molar-refractivity contribution >= 4 is 0 Å². The summed E-state index contributed by atoms with van der Waals surface area (Å²) in [6.45, 7) is 5.91. The van der Waals surface area contributed by atoms with Crippen molar-refractivity contribution in [3.63, 3.8) is 0 Å². The molecule has 2 aliphatic carbocycles. The molecule has 0 aromatic heterocycles. The normalized spacial score (nSPS) is 31.4. The van der Waals surface area contributed by atoms with Crippen LogP contribution in [0.15, 0.2) is 35.1 Å². The van der Waals surface area contributed by atoms with Gasteiger partial charge in [0.25, 0.3) is 0 Å².